The Morgan fingerprint density at radius 1 is 1.14 bits per heavy atom. The van der Waals surface area contributed by atoms with Crippen molar-refractivity contribution < 1.29 is 14.7 Å². The van der Waals surface area contributed by atoms with Gasteiger partial charge in [-0.25, -0.2) is 4.79 Å². The summed E-state index contributed by atoms with van der Waals surface area (Å²) in [6.07, 6.45) is 5.59. The van der Waals surface area contributed by atoms with Gasteiger partial charge in [0.1, 0.15) is 0 Å². The van der Waals surface area contributed by atoms with Crippen LogP contribution in [0.4, 0.5) is 4.79 Å². The molecule has 0 aromatic heterocycles. The fourth-order valence-electron chi connectivity index (χ4n) is 3.05. The van der Waals surface area contributed by atoms with Crippen molar-refractivity contribution in [3.8, 4) is 0 Å². The molecule has 1 fully saturated rings. The monoisotopic (exact) mass is 299 g/mol. The molecule has 122 valence electrons. The number of aliphatic carboxylic acids is 1. The first-order valence-corrected chi connectivity index (χ1v) is 7.75. The topological polar surface area (TPSA) is 72.9 Å². The predicted octanol–water partition coefficient (Wildman–Crippen LogP) is 1.76. The zero-order chi connectivity index (χ0) is 15.9. The standard InChI is InChI=1S/C15H29N3O3/c1-17(2)11-7-10-16-14(21)18(3)15(12-13(19)20)8-5-4-6-9-15/h4-12H2,1-3H3,(H,16,21)(H,19,20). The second kappa shape index (κ2) is 8.22. The molecule has 0 bridgehead atoms. The van der Waals surface area contributed by atoms with Gasteiger partial charge >= 0.3 is 12.0 Å². The van der Waals surface area contributed by atoms with Gasteiger partial charge in [-0.2, -0.15) is 0 Å². The molecule has 0 radical (unpaired) electrons. The quantitative estimate of drug-likeness (QED) is 0.703. The number of hydrogen-bond acceptors (Lipinski definition) is 3. The smallest absolute Gasteiger partial charge is 0.317 e. The zero-order valence-electron chi connectivity index (χ0n) is 13.5. The number of hydrogen-bond donors (Lipinski definition) is 2. The van der Waals surface area contributed by atoms with E-state index in [0.29, 0.717) is 6.54 Å². The first-order chi connectivity index (χ1) is 9.87. The van der Waals surface area contributed by atoms with Crippen molar-refractivity contribution in [2.24, 2.45) is 0 Å². The molecule has 21 heavy (non-hydrogen) atoms. The third-order valence-corrected chi connectivity index (χ3v) is 4.34. The van der Waals surface area contributed by atoms with Gasteiger partial charge in [-0.15, -0.1) is 0 Å². The van der Waals surface area contributed by atoms with Crippen LogP contribution >= 0.6 is 0 Å². The lowest BCUT2D eigenvalue weighted by Gasteiger charge is -2.43. The van der Waals surface area contributed by atoms with Crippen LogP contribution < -0.4 is 5.32 Å². The van der Waals surface area contributed by atoms with Crippen molar-refractivity contribution in [1.29, 1.82) is 0 Å². The van der Waals surface area contributed by atoms with Gasteiger partial charge in [0, 0.05) is 13.6 Å². The van der Waals surface area contributed by atoms with Crippen molar-refractivity contribution in [1.82, 2.24) is 15.1 Å². The largest absolute Gasteiger partial charge is 0.481 e. The normalized spacial score (nSPS) is 17.5. The molecule has 1 rings (SSSR count). The summed E-state index contributed by atoms with van der Waals surface area (Å²) in [5.41, 5.74) is -0.518. The lowest BCUT2D eigenvalue weighted by Crippen LogP contribution is -2.55. The summed E-state index contributed by atoms with van der Waals surface area (Å²) in [7, 11) is 5.73. The molecule has 0 aromatic carbocycles. The van der Waals surface area contributed by atoms with E-state index < -0.39 is 11.5 Å². The fourth-order valence-corrected chi connectivity index (χ4v) is 3.05. The average Bonchev–Trinajstić information content (AvgIpc) is 2.42. The fraction of sp³-hybridized carbons (Fsp3) is 0.867. The van der Waals surface area contributed by atoms with Gasteiger partial charge in [0.05, 0.1) is 12.0 Å². The molecule has 0 heterocycles. The molecule has 1 aliphatic carbocycles. The third-order valence-electron chi connectivity index (χ3n) is 4.34. The molecule has 0 spiro atoms. The molecule has 1 saturated carbocycles. The van der Waals surface area contributed by atoms with E-state index in [9.17, 15) is 14.7 Å². The number of carbonyl (C=O) groups is 2. The second-order valence-corrected chi connectivity index (χ2v) is 6.30. The number of carboxylic acid groups (broad SMARTS) is 1. The van der Waals surface area contributed by atoms with E-state index >= 15 is 0 Å². The maximum Gasteiger partial charge on any atom is 0.317 e. The number of nitrogens with one attached hydrogen (secondary N) is 1. The number of carbonyl (C=O) groups excluding carboxylic acids is 1. The zero-order valence-corrected chi connectivity index (χ0v) is 13.5. The summed E-state index contributed by atoms with van der Waals surface area (Å²) in [5.74, 6) is -0.829. The third kappa shape index (κ3) is 5.53. The van der Waals surface area contributed by atoms with Gasteiger partial charge in [-0.3, -0.25) is 4.79 Å². The Morgan fingerprint density at radius 3 is 2.29 bits per heavy atom. The molecule has 0 aromatic rings. The van der Waals surface area contributed by atoms with E-state index in [1.54, 1.807) is 11.9 Å². The SMILES string of the molecule is CN(C)CCCNC(=O)N(C)C1(CC(=O)O)CCCCC1. The summed E-state index contributed by atoms with van der Waals surface area (Å²) in [6, 6.07) is -0.156. The lowest BCUT2D eigenvalue weighted by molar-refractivity contribution is -0.140. The van der Waals surface area contributed by atoms with E-state index in [2.05, 4.69) is 10.2 Å². The molecule has 0 saturated heterocycles. The molecule has 6 heteroatoms. The van der Waals surface area contributed by atoms with Crippen LogP contribution in [0.15, 0.2) is 0 Å². The van der Waals surface area contributed by atoms with E-state index in [4.69, 9.17) is 0 Å². The highest BCUT2D eigenvalue weighted by Crippen LogP contribution is 2.35. The Kier molecular flexibility index (Phi) is 6.95. The van der Waals surface area contributed by atoms with Crippen LogP contribution in [0.2, 0.25) is 0 Å². The molecular weight excluding hydrogens is 270 g/mol. The molecule has 2 N–H and O–H groups in total. The van der Waals surface area contributed by atoms with Gasteiger partial charge in [-0.05, 0) is 39.9 Å². The predicted molar refractivity (Wildman–Crippen MR) is 82.4 cm³/mol. The van der Waals surface area contributed by atoms with Crippen molar-refractivity contribution >= 4 is 12.0 Å². The van der Waals surface area contributed by atoms with Gasteiger partial charge in [0.15, 0.2) is 0 Å². The Morgan fingerprint density at radius 2 is 1.76 bits per heavy atom. The van der Waals surface area contributed by atoms with Crippen LogP contribution in [0.3, 0.4) is 0 Å². The van der Waals surface area contributed by atoms with Crippen LogP contribution in [-0.2, 0) is 4.79 Å². The van der Waals surface area contributed by atoms with Crippen LogP contribution in [-0.4, -0.2) is 66.7 Å². The van der Waals surface area contributed by atoms with Crippen molar-refractivity contribution in [2.45, 2.75) is 50.5 Å². The minimum absolute atomic E-state index is 0.0363. The highest BCUT2D eigenvalue weighted by atomic mass is 16.4. The van der Waals surface area contributed by atoms with Crippen LogP contribution in [0, 0.1) is 0 Å². The molecule has 2 amide bonds. The average molecular weight is 299 g/mol. The van der Waals surface area contributed by atoms with Gasteiger partial charge in [-0.1, -0.05) is 19.3 Å². The highest BCUT2D eigenvalue weighted by Gasteiger charge is 2.40. The summed E-state index contributed by atoms with van der Waals surface area (Å²) in [6.45, 7) is 1.54. The van der Waals surface area contributed by atoms with E-state index in [1.807, 2.05) is 14.1 Å². The number of carboxylic acids is 1. The molecule has 1 aliphatic rings. The van der Waals surface area contributed by atoms with E-state index in [-0.39, 0.29) is 12.5 Å². The van der Waals surface area contributed by atoms with Crippen LogP contribution in [0.1, 0.15) is 44.9 Å². The number of rotatable bonds is 7. The molecule has 6 nitrogen and oxygen atoms in total. The van der Waals surface area contributed by atoms with Crippen LogP contribution in [0.5, 0.6) is 0 Å². The molecular formula is C15H29N3O3. The van der Waals surface area contributed by atoms with Crippen molar-refractivity contribution in [3.05, 3.63) is 0 Å². The lowest BCUT2D eigenvalue weighted by atomic mass is 9.78. The van der Waals surface area contributed by atoms with Gasteiger partial charge in [0.25, 0.3) is 0 Å². The van der Waals surface area contributed by atoms with Gasteiger partial charge < -0.3 is 20.2 Å². The Hall–Kier alpha value is -1.30. The summed E-state index contributed by atoms with van der Waals surface area (Å²) < 4.78 is 0. The minimum atomic E-state index is -0.829. The van der Waals surface area contributed by atoms with E-state index in [0.717, 1.165) is 45.1 Å². The highest BCUT2D eigenvalue weighted by molar-refractivity contribution is 5.76. The second-order valence-electron chi connectivity index (χ2n) is 6.30. The Labute approximate surface area is 127 Å². The molecule has 0 unspecified atom stereocenters. The number of urea groups is 1. The first kappa shape index (κ1) is 17.8. The van der Waals surface area contributed by atoms with Gasteiger partial charge in [0.2, 0.25) is 0 Å². The maximum atomic E-state index is 12.3. The molecule has 0 aliphatic heterocycles. The van der Waals surface area contributed by atoms with Crippen LogP contribution in [0.25, 0.3) is 0 Å². The number of amides is 2. The summed E-state index contributed by atoms with van der Waals surface area (Å²) in [4.78, 5) is 27.2. The maximum absolute atomic E-state index is 12.3. The number of nitrogens with zero attached hydrogens (tertiary/aromatic N) is 2. The van der Waals surface area contributed by atoms with Crippen molar-refractivity contribution in [3.63, 3.8) is 0 Å². The minimum Gasteiger partial charge on any atom is -0.481 e. The summed E-state index contributed by atoms with van der Waals surface area (Å²) in [5, 5.41) is 12.1. The van der Waals surface area contributed by atoms with Crippen molar-refractivity contribution in [2.75, 3.05) is 34.2 Å². The first-order valence-electron chi connectivity index (χ1n) is 7.75. The summed E-state index contributed by atoms with van der Waals surface area (Å²) >= 11 is 0. The molecule has 0 atom stereocenters. The Bertz CT molecular complexity index is 352. The Balaban J connectivity index is 2.56. The van der Waals surface area contributed by atoms with E-state index in [1.165, 1.54) is 0 Å².